The Hall–Kier alpha value is 0.380. The van der Waals surface area contributed by atoms with Crippen molar-refractivity contribution in [2.24, 2.45) is 0 Å². The van der Waals surface area contributed by atoms with Crippen LogP contribution < -0.4 is 0 Å². The van der Waals surface area contributed by atoms with Gasteiger partial charge in [0, 0.05) is 16.5 Å². The van der Waals surface area contributed by atoms with Gasteiger partial charge in [-0.15, -0.1) is 0 Å². The summed E-state index contributed by atoms with van der Waals surface area (Å²) in [6.45, 7) is 4.43. The van der Waals surface area contributed by atoms with E-state index in [1.54, 1.807) is 5.54 Å². The van der Waals surface area contributed by atoms with Crippen molar-refractivity contribution in [2.75, 3.05) is 5.75 Å². The van der Waals surface area contributed by atoms with E-state index in [-0.39, 0.29) is 0 Å². The predicted molar refractivity (Wildman–Crippen MR) is 47.2 cm³/mol. The minimum Gasteiger partial charge on any atom is -0.155 e. The molecule has 0 radical (unpaired) electrons. The Morgan fingerprint density at radius 3 is 2.78 bits per heavy atom. The molecule has 0 saturated heterocycles. The van der Waals surface area contributed by atoms with E-state index in [2.05, 4.69) is 13.8 Å². The van der Waals surface area contributed by atoms with Crippen LogP contribution >= 0.6 is 23.4 Å². The van der Waals surface area contributed by atoms with E-state index in [9.17, 15) is 0 Å². The Bertz CT molecular complexity index is 81.0. The Labute approximate surface area is 66.7 Å². The van der Waals surface area contributed by atoms with Crippen LogP contribution in [-0.4, -0.2) is 11.0 Å². The number of halogens is 1. The lowest BCUT2D eigenvalue weighted by Gasteiger charge is -2.03. The second-order valence-corrected chi connectivity index (χ2v) is 3.64. The van der Waals surface area contributed by atoms with Gasteiger partial charge in [-0.2, -0.15) is 11.8 Å². The highest BCUT2D eigenvalue weighted by atomic mass is 35.5. The van der Waals surface area contributed by atoms with Gasteiger partial charge >= 0.3 is 0 Å². The summed E-state index contributed by atoms with van der Waals surface area (Å²) < 4.78 is 0. The predicted octanol–water partition coefficient (Wildman–Crippen LogP) is 3.27. The molecule has 0 aliphatic rings. The lowest BCUT2D eigenvalue weighted by Crippen LogP contribution is -1.91. The third kappa shape index (κ3) is 6.26. The van der Waals surface area contributed by atoms with Crippen LogP contribution in [0.15, 0.2) is 11.6 Å². The fraction of sp³-hybridized carbons (Fsp3) is 0.714. The Kier molecular flexibility index (Phi) is 6.77. The Balaban J connectivity index is 3.06. The van der Waals surface area contributed by atoms with Gasteiger partial charge < -0.3 is 0 Å². The van der Waals surface area contributed by atoms with E-state index < -0.39 is 0 Å². The van der Waals surface area contributed by atoms with Crippen LogP contribution in [0.1, 0.15) is 20.3 Å². The maximum absolute atomic E-state index is 5.33. The molecule has 0 nitrogen and oxygen atoms in total. The lowest BCUT2D eigenvalue weighted by atomic mass is 10.4. The fourth-order valence-corrected chi connectivity index (χ4v) is 1.34. The van der Waals surface area contributed by atoms with Crippen molar-refractivity contribution in [3.63, 3.8) is 0 Å². The summed E-state index contributed by atoms with van der Waals surface area (Å²) in [5.41, 5.74) is 1.58. The lowest BCUT2D eigenvalue weighted by molar-refractivity contribution is 0.907. The number of hydrogen-bond donors (Lipinski definition) is 0. The van der Waals surface area contributed by atoms with E-state index in [0.717, 1.165) is 11.0 Å². The molecule has 0 amide bonds. The van der Waals surface area contributed by atoms with Crippen LogP contribution in [-0.2, 0) is 0 Å². The van der Waals surface area contributed by atoms with Gasteiger partial charge in [0.05, 0.1) is 0 Å². The van der Waals surface area contributed by atoms with Crippen molar-refractivity contribution >= 4 is 23.4 Å². The molecular formula is C7H13ClS. The normalized spacial score (nSPS) is 14.6. The van der Waals surface area contributed by atoms with Crippen LogP contribution in [0.4, 0.5) is 0 Å². The molecule has 0 rings (SSSR count). The standard InChI is InChI=1S/C7H13ClS/c1-3-7(2)9-6-4-5-8/h4-5,7H,3,6H2,1-2H3/b5-4+. The number of hydrogen-bond acceptors (Lipinski definition) is 1. The smallest absolute Gasteiger partial charge is 0.0127 e. The summed E-state index contributed by atoms with van der Waals surface area (Å²) in [7, 11) is 0. The summed E-state index contributed by atoms with van der Waals surface area (Å²) in [5, 5.41) is 0.762. The van der Waals surface area contributed by atoms with E-state index in [0.29, 0.717) is 0 Å². The van der Waals surface area contributed by atoms with Gasteiger partial charge in [0.1, 0.15) is 0 Å². The molecule has 0 aromatic heterocycles. The van der Waals surface area contributed by atoms with Gasteiger partial charge in [0.25, 0.3) is 0 Å². The fourth-order valence-electron chi connectivity index (χ4n) is 0.374. The number of thioether (sulfide) groups is 1. The van der Waals surface area contributed by atoms with Gasteiger partial charge in [0.2, 0.25) is 0 Å². The summed E-state index contributed by atoms with van der Waals surface area (Å²) in [4.78, 5) is 0. The van der Waals surface area contributed by atoms with E-state index in [1.807, 2.05) is 17.8 Å². The summed E-state index contributed by atoms with van der Waals surface area (Å²) in [6.07, 6.45) is 3.21. The third-order valence-corrected chi connectivity index (χ3v) is 2.61. The molecule has 0 spiro atoms. The zero-order valence-corrected chi connectivity index (χ0v) is 7.50. The van der Waals surface area contributed by atoms with Crippen molar-refractivity contribution in [1.82, 2.24) is 0 Å². The quantitative estimate of drug-likeness (QED) is 0.615. The molecule has 0 aliphatic carbocycles. The molecule has 9 heavy (non-hydrogen) atoms. The molecule has 54 valence electrons. The van der Waals surface area contributed by atoms with Gasteiger partial charge in [-0.25, -0.2) is 0 Å². The SMILES string of the molecule is CCC(C)SC/C=C/Cl. The number of rotatable bonds is 4. The molecular weight excluding hydrogens is 152 g/mol. The van der Waals surface area contributed by atoms with Crippen LogP contribution in [0.5, 0.6) is 0 Å². The first-order chi connectivity index (χ1) is 4.31. The Morgan fingerprint density at radius 1 is 1.67 bits per heavy atom. The van der Waals surface area contributed by atoms with Gasteiger partial charge in [0.15, 0.2) is 0 Å². The first-order valence-electron chi connectivity index (χ1n) is 3.18. The van der Waals surface area contributed by atoms with Gasteiger partial charge in [-0.3, -0.25) is 0 Å². The summed E-state index contributed by atoms with van der Waals surface area (Å²) in [5.74, 6) is 1.04. The largest absolute Gasteiger partial charge is 0.155 e. The monoisotopic (exact) mass is 164 g/mol. The van der Waals surface area contributed by atoms with Crippen molar-refractivity contribution in [3.05, 3.63) is 11.6 Å². The Morgan fingerprint density at radius 2 is 2.33 bits per heavy atom. The molecule has 0 N–H and O–H groups in total. The molecule has 1 unspecified atom stereocenters. The maximum Gasteiger partial charge on any atom is 0.0127 e. The van der Waals surface area contributed by atoms with Gasteiger partial charge in [-0.05, 0) is 6.42 Å². The topological polar surface area (TPSA) is 0 Å². The average molecular weight is 165 g/mol. The van der Waals surface area contributed by atoms with E-state index >= 15 is 0 Å². The molecule has 0 aliphatic heterocycles. The van der Waals surface area contributed by atoms with E-state index in [4.69, 9.17) is 11.6 Å². The van der Waals surface area contributed by atoms with Crippen molar-refractivity contribution in [2.45, 2.75) is 25.5 Å². The van der Waals surface area contributed by atoms with Crippen LogP contribution in [0.25, 0.3) is 0 Å². The summed E-state index contributed by atoms with van der Waals surface area (Å²) in [6, 6.07) is 0. The molecule has 0 heterocycles. The first-order valence-corrected chi connectivity index (χ1v) is 4.66. The highest BCUT2D eigenvalue weighted by molar-refractivity contribution is 8.00. The van der Waals surface area contributed by atoms with Crippen LogP contribution in [0, 0.1) is 0 Å². The van der Waals surface area contributed by atoms with Crippen LogP contribution in [0.2, 0.25) is 0 Å². The van der Waals surface area contributed by atoms with Crippen LogP contribution in [0.3, 0.4) is 0 Å². The van der Waals surface area contributed by atoms with E-state index in [1.165, 1.54) is 6.42 Å². The maximum atomic E-state index is 5.33. The molecule has 2 heteroatoms. The average Bonchev–Trinajstić information content (AvgIpc) is 1.89. The molecule has 0 aromatic carbocycles. The van der Waals surface area contributed by atoms with Crippen molar-refractivity contribution in [3.8, 4) is 0 Å². The zero-order valence-electron chi connectivity index (χ0n) is 5.93. The second-order valence-electron chi connectivity index (χ2n) is 1.91. The van der Waals surface area contributed by atoms with Crippen molar-refractivity contribution < 1.29 is 0 Å². The van der Waals surface area contributed by atoms with Crippen molar-refractivity contribution in [1.29, 1.82) is 0 Å². The highest BCUT2D eigenvalue weighted by Crippen LogP contribution is 2.12. The summed E-state index contributed by atoms with van der Waals surface area (Å²) >= 11 is 7.26. The third-order valence-electron chi connectivity index (χ3n) is 1.14. The first kappa shape index (κ1) is 9.38. The molecule has 0 aromatic rings. The molecule has 1 atom stereocenters. The molecule has 0 fully saturated rings. The highest BCUT2D eigenvalue weighted by Gasteiger charge is 1.94. The molecule has 0 bridgehead atoms. The minimum absolute atomic E-state index is 0.762. The minimum atomic E-state index is 0.762. The molecule has 0 saturated carbocycles. The second kappa shape index (κ2) is 6.50. The van der Waals surface area contributed by atoms with Gasteiger partial charge in [-0.1, -0.05) is 31.5 Å². The zero-order chi connectivity index (χ0) is 7.11.